The summed E-state index contributed by atoms with van der Waals surface area (Å²) in [5, 5.41) is 0. The Morgan fingerprint density at radius 2 is 2.14 bits per heavy atom. The van der Waals surface area contributed by atoms with E-state index in [1.54, 1.807) is 0 Å². The molecule has 0 atom stereocenters. The van der Waals surface area contributed by atoms with Crippen LogP contribution in [0.25, 0.3) is 0 Å². The van der Waals surface area contributed by atoms with Gasteiger partial charge in [-0.1, -0.05) is 19.9 Å². The Morgan fingerprint density at radius 3 is 2.86 bits per heavy atom. The lowest BCUT2D eigenvalue weighted by molar-refractivity contribution is 0.0933. The second-order valence-electron chi connectivity index (χ2n) is 3.93. The topological polar surface area (TPSA) is 26.3 Å². The van der Waals surface area contributed by atoms with Gasteiger partial charge in [0.05, 0.1) is 12.2 Å². The highest BCUT2D eigenvalue weighted by Crippen LogP contribution is 2.28. The molecule has 14 heavy (non-hydrogen) atoms. The first-order valence-corrected chi connectivity index (χ1v) is 4.98. The molecule has 74 valence electrons. The number of ketones is 1. The van der Waals surface area contributed by atoms with E-state index in [2.05, 4.69) is 13.8 Å². The Bertz CT molecular complexity index is 367. The van der Waals surface area contributed by atoms with Gasteiger partial charge in [0.25, 0.3) is 0 Å². The Morgan fingerprint density at radius 1 is 1.36 bits per heavy atom. The van der Waals surface area contributed by atoms with E-state index in [0.29, 0.717) is 18.9 Å². The number of carbonyl (C=O) groups is 1. The van der Waals surface area contributed by atoms with Crippen LogP contribution in [0.4, 0.5) is 0 Å². The maximum Gasteiger partial charge on any atom is 0.170 e. The van der Waals surface area contributed by atoms with Crippen LogP contribution in [0, 0.1) is 0 Å². The number of ether oxygens (including phenoxy) is 1. The fraction of sp³-hybridized carbons (Fsp3) is 0.417. The van der Waals surface area contributed by atoms with Crippen LogP contribution in [0.1, 0.15) is 42.1 Å². The highest BCUT2D eigenvalue weighted by atomic mass is 16.5. The van der Waals surface area contributed by atoms with Crippen molar-refractivity contribution in [3.63, 3.8) is 0 Å². The van der Waals surface area contributed by atoms with Gasteiger partial charge in [-0.25, -0.2) is 0 Å². The molecule has 0 amide bonds. The first kappa shape index (κ1) is 9.25. The van der Waals surface area contributed by atoms with E-state index in [4.69, 9.17) is 4.74 Å². The molecule has 0 bridgehead atoms. The molecule has 1 aromatic carbocycles. The minimum Gasteiger partial charge on any atom is -0.492 e. The number of hydrogen-bond donors (Lipinski definition) is 0. The lowest BCUT2D eigenvalue weighted by atomic mass is 9.97. The zero-order valence-electron chi connectivity index (χ0n) is 8.54. The summed E-state index contributed by atoms with van der Waals surface area (Å²) < 4.78 is 5.41. The van der Waals surface area contributed by atoms with Crippen LogP contribution >= 0.6 is 0 Å². The molecule has 0 aromatic heterocycles. The van der Waals surface area contributed by atoms with E-state index in [0.717, 1.165) is 11.3 Å². The summed E-state index contributed by atoms with van der Waals surface area (Å²) in [7, 11) is 0. The van der Waals surface area contributed by atoms with Gasteiger partial charge in [0, 0.05) is 6.42 Å². The molecule has 1 aromatic rings. The number of fused-ring (bicyclic) bond motifs is 1. The molecule has 0 radical (unpaired) electrons. The van der Waals surface area contributed by atoms with E-state index >= 15 is 0 Å². The minimum absolute atomic E-state index is 0.203. The Balaban J connectivity index is 2.46. The highest BCUT2D eigenvalue weighted by Gasteiger charge is 2.18. The van der Waals surface area contributed by atoms with E-state index in [1.165, 1.54) is 5.56 Å². The quantitative estimate of drug-likeness (QED) is 0.680. The first-order valence-electron chi connectivity index (χ1n) is 4.98. The number of Topliss-reactive ketones (excluding diaryl/α,β-unsaturated/α-hetero) is 1. The Labute approximate surface area is 83.9 Å². The lowest BCUT2D eigenvalue weighted by Gasteiger charge is -2.17. The molecule has 1 aliphatic rings. The van der Waals surface area contributed by atoms with E-state index in [-0.39, 0.29) is 5.78 Å². The number of benzene rings is 1. The van der Waals surface area contributed by atoms with Crippen molar-refractivity contribution >= 4 is 5.78 Å². The predicted molar refractivity (Wildman–Crippen MR) is 55.0 cm³/mol. The minimum atomic E-state index is 0.203. The van der Waals surface area contributed by atoms with Crippen LogP contribution in [0.3, 0.4) is 0 Å². The van der Waals surface area contributed by atoms with Crippen LogP contribution in [-0.2, 0) is 0 Å². The van der Waals surface area contributed by atoms with Crippen LogP contribution in [0.15, 0.2) is 18.2 Å². The Kier molecular flexibility index (Phi) is 2.28. The summed E-state index contributed by atoms with van der Waals surface area (Å²) in [4.78, 5) is 11.6. The van der Waals surface area contributed by atoms with Crippen molar-refractivity contribution in [3.8, 4) is 5.75 Å². The molecule has 0 saturated heterocycles. The van der Waals surface area contributed by atoms with Gasteiger partial charge in [-0.05, 0) is 23.6 Å². The second kappa shape index (κ2) is 3.45. The van der Waals surface area contributed by atoms with Crippen molar-refractivity contribution in [1.82, 2.24) is 0 Å². The normalized spacial score (nSPS) is 15.2. The maximum atomic E-state index is 11.6. The van der Waals surface area contributed by atoms with Crippen LogP contribution in [-0.4, -0.2) is 12.4 Å². The fourth-order valence-corrected chi connectivity index (χ4v) is 1.64. The molecule has 0 spiro atoms. The average Bonchev–Trinajstić information content (AvgIpc) is 2.18. The standard InChI is InChI=1S/C12H14O2/c1-8(2)9-3-4-12-10(7-9)11(13)5-6-14-12/h3-4,7-8H,5-6H2,1-2H3. The van der Waals surface area contributed by atoms with E-state index < -0.39 is 0 Å². The summed E-state index contributed by atoms with van der Waals surface area (Å²) >= 11 is 0. The summed E-state index contributed by atoms with van der Waals surface area (Å²) in [6, 6.07) is 5.89. The maximum absolute atomic E-state index is 11.6. The van der Waals surface area contributed by atoms with Crippen molar-refractivity contribution in [2.24, 2.45) is 0 Å². The molecule has 2 nitrogen and oxygen atoms in total. The molecule has 0 N–H and O–H groups in total. The molecule has 0 fully saturated rings. The molecule has 1 heterocycles. The van der Waals surface area contributed by atoms with E-state index in [9.17, 15) is 4.79 Å². The molecule has 0 unspecified atom stereocenters. The molecule has 1 aliphatic heterocycles. The van der Waals surface area contributed by atoms with Crippen molar-refractivity contribution in [3.05, 3.63) is 29.3 Å². The first-order chi connectivity index (χ1) is 6.68. The van der Waals surface area contributed by atoms with Gasteiger partial charge in [-0.15, -0.1) is 0 Å². The zero-order valence-corrected chi connectivity index (χ0v) is 8.54. The van der Waals surface area contributed by atoms with E-state index in [1.807, 2.05) is 18.2 Å². The lowest BCUT2D eigenvalue weighted by Crippen LogP contribution is -2.15. The van der Waals surface area contributed by atoms with Crippen molar-refractivity contribution in [1.29, 1.82) is 0 Å². The van der Waals surface area contributed by atoms with Crippen molar-refractivity contribution < 1.29 is 9.53 Å². The summed E-state index contributed by atoms with van der Waals surface area (Å²) in [6.07, 6.45) is 0.508. The third-order valence-corrected chi connectivity index (χ3v) is 2.56. The molecular formula is C12H14O2. The van der Waals surface area contributed by atoms with Gasteiger partial charge in [0.2, 0.25) is 0 Å². The fourth-order valence-electron chi connectivity index (χ4n) is 1.64. The SMILES string of the molecule is CC(C)c1ccc2c(c1)C(=O)CCO2. The number of carbonyl (C=O) groups excluding carboxylic acids is 1. The largest absolute Gasteiger partial charge is 0.492 e. The van der Waals surface area contributed by atoms with Crippen molar-refractivity contribution in [2.75, 3.05) is 6.61 Å². The second-order valence-corrected chi connectivity index (χ2v) is 3.93. The summed E-state index contributed by atoms with van der Waals surface area (Å²) in [5.74, 6) is 1.40. The third kappa shape index (κ3) is 1.52. The van der Waals surface area contributed by atoms with Gasteiger partial charge < -0.3 is 4.74 Å². The summed E-state index contributed by atoms with van der Waals surface area (Å²) in [5.41, 5.74) is 1.95. The zero-order chi connectivity index (χ0) is 10.1. The van der Waals surface area contributed by atoms with Crippen molar-refractivity contribution in [2.45, 2.75) is 26.2 Å². The summed E-state index contributed by atoms with van der Waals surface area (Å²) in [6.45, 7) is 4.76. The number of hydrogen-bond acceptors (Lipinski definition) is 2. The van der Waals surface area contributed by atoms with Crippen LogP contribution in [0.5, 0.6) is 5.75 Å². The average molecular weight is 190 g/mol. The molecule has 0 aliphatic carbocycles. The molecular weight excluding hydrogens is 176 g/mol. The van der Waals surface area contributed by atoms with Gasteiger partial charge in [0.15, 0.2) is 5.78 Å². The molecule has 0 saturated carbocycles. The monoisotopic (exact) mass is 190 g/mol. The van der Waals surface area contributed by atoms with Gasteiger partial charge >= 0.3 is 0 Å². The van der Waals surface area contributed by atoms with Gasteiger partial charge in [0.1, 0.15) is 5.75 Å². The van der Waals surface area contributed by atoms with Gasteiger partial charge in [-0.3, -0.25) is 4.79 Å². The number of rotatable bonds is 1. The predicted octanol–water partition coefficient (Wildman–Crippen LogP) is 2.78. The van der Waals surface area contributed by atoms with Gasteiger partial charge in [-0.2, -0.15) is 0 Å². The molecule has 2 heteroatoms. The smallest absolute Gasteiger partial charge is 0.170 e. The van der Waals surface area contributed by atoms with Crippen LogP contribution < -0.4 is 4.74 Å². The highest BCUT2D eigenvalue weighted by molar-refractivity contribution is 5.99. The Hall–Kier alpha value is -1.31. The third-order valence-electron chi connectivity index (χ3n) is 2.56. The molecule has 2 rings (SSSR count). The van der Waals surface area contributed by atoms with Crippen LogP contribution in [0.2, 0.25) is 0 Å².